The highest BCUT2D eigenvalue weighted by molar-refractivity contribution is 8.13. The van der Waals surface area contributed by atoms with Crippen LogP contribution in [0, 0.1) is 0 Å². The summed E-state index contributed by atoms with van der Waals surface area (Å²) in [6.45, 7) is 2.42. The summed E-state index contributed by atoms with van der Waals surface area (Å²) in [7, 11) is 0.970. The fourth-order valence-electron chi connectivity index (χ4n) is 1.54. The molecular formula is C10H15ClN2O4S. The summed E-state index contributed by atoms with van der Waals surface area (Å²) < 4.78 is 23.4. The van der Waals surface area contributed by atoms with Gasteiger partial charge < -0.3 is 0 Å². The van der Waals surface area contributed by atoms with E-state index in [1.807, 2.05) is 4.98 Å². The van der Waals surface area contributed by atoms with Crippen LogP contribution in [-0.4, -0.2) is 18.0 Å². The Labute approximate surface area is 109 Å². The Kier molecular flexibility index (Phi) is 5.15. The van der Waals surface area contributed by atoms with Crippen molar-refractivity contribution in [3.63, 3.8) is 0 Å². The van der Waals surface area contributed by atoms with Crippen molar-refractivity contribution in [2.75, 3.05) is 0 Å². The van der Waals surface area contributed by atoms with Gasteiger partial charge in [-0.2, -0.15) is 0 Å². The van der Waals surface area contributed by atoms with Crippen LogP contribution in [0.2, 0.25) is 0 Å². The zero-order valence-corrected chi connectivity index (χ0v) is 11.6. The normalized spacial score (nSPS) is 11.7. The lowest BCUT2D eigenvalue weighted by atomic mass is 10.2. The summed E-state index contributed by atoms with van der Waals surface area (Å²) in [4.78, 5) is 24.1. The van der Waals surface area contributed by atoms with Gasteiger partial charge >= 0.3 is 5.69 Å². The molecule has 0 spiro atoms. The van der Waals surface area contributed by atoms with Gasteiger partial charge in [0.25, 0.3) is 14.6 Å². The van der Waals surface area contributed by atoms with Gasteiger partial charge in [0, 0.05) is 23.4 Å². The van der Waals surface area contributed by atoms with Crippen LogP contribution in [0.3, 0.4) is 0 Å². The number of unbranched alkanes of at least 4 members (excludes halogenated alkanes) is 3. The van der Waals surface area contributed by atoms with Gasteiger partial charge in [-0.1, -0.05) is 26.2 Å². The summed E-state index contributed by atoms with van der Waals surface area (Å²) in [5.41, 5.74) is -1.61. The topological polar surface area (TPSA) is 89.0 Å². The minimum Gasteiger partial charge on any atom is -0.299 e. The maximum atomic E-state index is 11.5. The van der Waals surface area contributed by atoms with Crippen molar-refractivity contribution in [1.82, 2.24) is 9.55 Å². The molecule has 0 aliphatic carbocycles. The summed E-state index contributed by atoms with van der Waals surface area (Å²) in [5, 5.41) is 0. The fraction of sp³-hybridized carbons (Fsp3) is 0.600. The maximum absolute atomic E-state index is 11.5. The van der Waals surface area contributed by atoms with E-state index in [1.165, 1.54) is 0 Å². The second kappa shape index (κ2) is 6.19. The molecule has 0 aliphatic rings. The molecule has 1 aromatic rings. The van der Waals surface area contributed by atoms with E-state index >= 15 is 0 Å². The molecule has 6 nitrogen and oxygen atoms in total. The number of nitrogens with zero attached hydrogens (tertiary/aromatic N) is 1. The summed E-state index contributed by atoms with van der Waals surface area (Å²) in [6, 6.07) is 0. The van der Waals surface area contributed by atoms with Crippen LogP contribution in [0.4, 0.5) is 0 Å². The molecule has 1 aromatic heterocycles. The molecule has 0 bridgehead atoms. The van der Waals surface area contributed by atoms with Gasteiger partial charge in [-0.15, -0.1) is 0 Å². The number of hydrogen-bond donors (Lipinski definition) is 1. The predicted octanol–water partition coefficient (Wildman–Crippen LogP) is 1.04. The Morgan fingerprint density at radius 3 is 2.50 bits per heavy atom. The SMILES string of the molecule is CCCCCCn1cc(S(=O)(=O)Cl)c(=O)[nH]c1=O. The van der Waals surface area contributed by atoms with Crippen LogP contribution in [0.1, 0.15) is 32.6 Å². The lowest BCUT2D eigenvalue weighted by molar-refractivity contribution is 0.550. The molecule has 102 valence electrons. The number of aryl methyl sites for hydroxylation is 1. The standard InChI is InChI=1S/C10H15ClN2O4S/c1-2-3-4-5-6-13-7-8(18(11,16)17)9(14)12-10(13)15/h7H,2-6H2,1H3,(H,12,14,15). The molecule has 0 aromatic carbocycles. The number of hydrogen-bond acceptors (Lipinski definition) is 4. The molecule has 0 unspecified atom stereocenters. The Balaban J connectivity index is 3.00. The zero-order valence-electron chi connectivity index (χ0n) is 9.98. The van der Waals surface area contributed by atoms with Crippen molar-refractivity contribution in [1.29, 1.82) is 0 Å². The third-order valence-corrected chi connectivity index (χ3v) is 3.81. The molecule has 8 heteroatoms. The van der Waals surface area contributed by atoms with Crippen LogP contribution in [0.5, 0.6) is 0 Å². The van der Waals surface area contributed by atoms with Gasteiger partial charge in [0.1, 0.15) is 0 Å². The van der Waals surface area contributed by atoms with Crippen molar-refractivity contribution in [2.45, 2.75) is 44.0 Å². The molecule has 1 rings (SSSR count). The molecule has 0 amide bonds. The van der Waals surface area contributed by atoms with E-state index in [9.17, 15) is 18.0 Å². The highest BCUT2D eigenvalue weighted by Gasteiger charge is 2.16. The lowest BCUT2D eigenvalue weighted by Gasteiger charge is -2.05. The van der Waals surface area contributed by atoms with Crippen LogP contribution >= 0.6 is 10.7 Å². The van der Waals surface area contributed by atoms with Crippen LogP contribution < -0.4 is 11.2 Å². The first-order valence-corrected chi connectivity index (χ1v) is 7.95. The van der Waals surface area contributed by atoms with Gasteiger partial charge in [0.2, 0.25) is 0 Å². The Hall–Kier alpha value is -1.08. The van der Waals surface area contributed by atoms with E-state index in [-0.39, 0.29) is 0 Å². The monoisotopic (exact) mass is 294 g/mol. The average Bonchev–Trinajstić information content (AvgIpc) is 2.25. The highest BCUT2D eigenvalue weighted by Crippen LogP contribution is 2.08. The first-order valence-electron chi connectivity index (χ1n) is 5.64. The number of H-pyrrole nitrogens is 1. The second-order valence-electron chi connectivity index (χ2n) is 3.94. The first-order chi connectivity index (χ1) is 8.36. The molecule has 1 N–H and O–H groups in total. The molecule has 0 aliphatic heterocycles. The van der Waals surface area contributed by atoms with Crippen LogP contribution in [0.15, 0.2) is 20.7 Å². The van der Waals surface area contributed by atoms with Crippen molar-refractivity contribution >= 4 is 19.7 Å². The molecular weight excluding hydrogens is 280 g/mol. The van der Waals surface area contributed by atoms with Gasteiger partial charge in [-0.05, 0) is 6.42 Å². The largest absolute Gasteiger partial charge is 0.328 e. The molecule has 0 fully saturated rings. The average molecular weight is 295 g/mol. The van der Waals surface area contributed by atoms with E-state index < -0.39 is 25.2 Å². The lowest BCUT2D eigenvalue weighted by Crippen LogP contribution is -2.32. The Morgan fingerprint density at radius 2 is 1.94 bits per heavy atom. The quantitative estimate of drug-likeness (QED) is 0.627. The molecule has 0 atom stereocenters. The Bertz CT molecular complexity index is 618. The number of aromatic nitrogens is 2. The van der Waals surface area contributed by atoms with E-state index in [4.69, 9.17) is 10.7 Å². The number of rotatable bonds is 6. The van der Waals surface area contributed by atoms with Crippen molar-refractivity contribution in [2.24, 2.45) is 0 Å². The molecule has 18 heavy (non-hydrogen) atoms. The molecule has 0 saturated heterocycles. The zero-order chi connectivity index (χ0) is 13.8. The molecule has 0 radical (unpaired) electrons. The minimum absolute atomic E-state index is 0.356. The van der Waals surface area contributed by atoms with Crippen LogP contribution in [0.25, 0.3) is 0 Å². The van der Waals surface area contributed by atoms with Gasteiger partial charge in [-0.25, -0.2) is 13.2 Å². The third kappa shape index (κ3) is 3.99. The van der Waals surface area contributed by atoms with Gasteiger partial charge in [0.05, 0.1) is 0 Å². The van der Waals surface area contributed by atoms with E-state index in [0.29, 0.717) is 6.54 Å². The van der Waals surface area contributed by atoms with E-state index in [0.717, 1.165) is 36.4 Å². The summed E-state index contributed by atoms with van der Waals surface area (Å²) >= 11 is 0. The molecule has 1 heterocycles. The minimum atomic E-state index is -4.14. The summed E-state index contributed by atoms with van der Waals surface area (Å²) in [5.74, 6) is 0. The number of aromatic amines is 1. The maximum Gasteiger partial charge on any atom is 0.328 e. The number of nitrogens with one attached hydrogen (secondary N) is 1. The van der Waals surface area contributed by atoms with E-state index in [2.05, 4.69) is 6.92 Å². The van der Waals surface area contributed by atoms with Gasteiger partial charge in [-0.3, -0.25) is 14.3 Å². The van der Waals surface area contributed by atoms with Crippen molar-refractivity contribution in [3.05, 3.63) is 27.0 Å². The van der Waals surface area contributed by atoms with Gasteiger partial charge in [0.15, 0.2) is 4.90 Å². The second-order valence-corrected chi connectivity index (χ2v) is 6.48. The highest BCUT2D eigenvalue weighted by atomic mass is 35.7. The summed E-state index contributed by atoms with van der Waals surface area (Å²) in [6.07, 6.45) is 4.77. The first kappa shape index (κ1) is 15.0. The smallest absolute Gasteiger partial charge is 0.299 e. The number of halogens is 1. The third-order valence-electron chi connectivity index (χ3n) is 2.49. The van der Waals surface area contributed by atoms with Crippen LogP contribution in [-0.2, 0) is 15.6 Å². The fourth-order valence-corrected chi connectivity index (χ4v) is 2.39. The molecule has 0 saturated carbocycles. The predicted molar refractivity (Wildman–Crippen MR) is 68.5 cm³/mol. The van der Waals surface area contributed by atoms with Crippen molar-refractivity contribution < 1.29 is 8.42 Å². The Morgan fingerprint density at radius 1 is 1.28 bits per heavy atom. The van der Waals surface area contributed by atoms with E-state index in [1.54, 1.807) is 0 Å². The van der Waals surface area contributed by atoms with Crippen molar-refractivity contribution in [3.8, 4) is 0 Å².